The van der Waals surface area contributed by atoms with Crippen LogP contribution in [0.3, 0.4) is 0 Å². The fourth-order valence-electron chi connectivity index (χ4n) is 2.99. The maximum atomic E-state index is 6.57. The van der Waals surface area contributed by atoms with E-state index in [0.29, 0.717) is 40.3 Å². The summed E-state index contributed by atoms with van der Waals surface area (Å²) in [5.74, 6) is 0.249. The summed E-state index contributed by atoms with van der Waals surface area (Å²) in [4.78, 5) is 3.98. The summed E-state index contributed by atoms with van der Waals surface area (Å²) in [5, 5.41) is 5.28. The zero-order valence-corrected chi connectivity index (χ0v) is 16.0. The topological polar surface area (TPSA) is 58.4 Å². The van der Waals surface area contributed by atoms with E-state index < -0.39 is 5.79 Å². The van der Waals surface area contributed by atoms with Crippen LogP contribution in [0.2, 0.25) is 10.0 Å². The Labute approximate surface area is 174 Å². The van der Waals surface area contributed by atoms with Crippen molar-refractivity contribution in [1.29, 1.82) is 0 Å². The number of halogens is 2. The first kappa shape index (κ1) is 20.6. The van der Waals surface area contributed by atoms with Crippen molar-refractivity contribution in [2.45, 2.75) is 32.8 Å². The zero-order valence-electron chi connectivity index (χ0n) is 14.5. The Morgan fingerprint density at radius 2 is 1.93 bits per heavy atom. The van der Waals surface area contributed by atoms with Gasteiger partial charge in [0.15, 0.2) is 0 Å². The molecule has 2 atom stereocenters. The lowest BCUT2D eigenvalue weighted by Crippen LogP contribution is -2.34. The lowest BCUT2D eigenvalue weighted by Gasteiger charge is -2.29. The molecule has 0 amide bonds. The molecule has 2 aromatic carbocycles. The van der Waals surface area contributed by atoms with Gasteiger partial charge in [0.25, 0.3) is 0 Å². The molecule has 0 spiro atoms. The van der Waals surface area contributed by atoms with Crippen LogP contribution >= 0.6 is 23.2 Å². The van der Waals surface area contributed by atoms with Crippen molar-refractivity contribution in [3.8, 4) is 11.5 Å². The maximum Gasteiger partial charge on any atom is 0.217 e. The second-order valence-electron chi connectivity index (χ2n) is 6.28. The van der Waals surface area contributed by atoms with Gasteiger partial charge >= 0.3 is 0 Å². The highest BCUT2D eigenvalue weighted by molar-refractivity contribution is 6.31. The molecule has 0 aliphatic carbocycles. The lowest BCUT2D eigenvalue weighted by atomic mass is 10.1. The van der Waals surface area contributed by atoms with E-state index >= 15 is 0 Å². The molecule has 3 aromatic rings. The molecule has 2 unspecified atom stereocenters. The first-order valence-electron chi connectivity index (χ1n) is 8.42. The van der Waals surface area contributed by atoms with Crippen molar-refractivity contribution in [3.05, 3.63) is 70.7 Å². The SMILES string of the molecule is C.CC1COC(Cn2cncn2)(c2ccc(Oc3ccc(Cl)cc3)cc2Cl)O1. The Morgan fingerprint density at radius 3 is 2.54 bits per heavy atom. The Balaban J connectivity index is 0.00000225. The number of rotatable bonds is 5. The number of hydrogen-bond acceptors (Lipinski definition) is 5. The molecule has 1 aliphatic heterocycles. The Bertz CT molecular complexity index is 919. The zero-order chi connectivity index (χ0) is 18.9. The van der Waals surface area contributed by atoms with E-state index in [9.17, 15) is 0 Å². The molecule has 2 heterocycles. The van der Waals surface area contributed by atoms with E-state index in [1.807, 2.05) is 19.1 Å². The van der Waals surface area contributed by atoms with Gasteiger partial charge in [-0.25, -0.2) is 9.67 Å². The third-order valence-corrected chi connectivity index (χ3v) is 4.74. The Kier molecular flexibility index (Phi) is 6.25. The lowest BCUT2D eigenvalue weighted by molar-refractivity contribution is -0.186. The summed E-state index contributed by atoms with van der Waals surface area (Å²) in [6.07, 6.45) is 3.02. The molecule has 0 N–H and O–H groups in total. The highest BCUT2D eigenvalue weighted by atomic mass is 35.5. The third kappa shape index (κ3) is 4.31. The Hall–Kier alpha value is -2.12. The van der Waals surface area contributed by atoms with Crippen LogP contribution in [0.1, 0.15) is 19.9 Å². The van der Waals surface area contributed by atoms with Gasteiger partial charge < -0.3 is 14.2 Å². The van der Waals surface area contributed by atoms with Crippen LogP contribution in [0.15, 0.2) is 55.1 Å². The fourth-order valence-corrected chi connectivity index (χ4v) is 3.43. The van der Waals surface area contributed by atoms with Crippen LogP contribution in [0, 0.1) is 0 Å². The van der Waals surface area contributed by atoms with Gasteiger partial charge in [0, 0.05) is 10.6 Å². The molecule has 4 rings (SSSR count). The molecule has 0 saturated carbocycles. The number of hydrogen-bond donors (Lipinski definition) is 0. The minimum atomic E-state index is -1.02. The highest BCUT2D eigenvalue weighted by Crippen LogP contribution is 2.41. The summed E-state index contributed by atoms with van der Waals surface area (Å²) < 4.78 is 19.6. The summed E-state index contributed by atoms with van der Waals surface area (Å²) in [6.45, 7) is 2.76. The molecule has 6 nitrogen and oxygen atoms in total. The normalized spacial score (nSPS) is 21.3. The second-order valence-corrected chi connectivity index (χ2v) is 7.13. The largest absolute Gasteiger partial charge is 0.457 e. The highest BCUT2D eigenvalue weighted by Gasteiger charge is 2.44. The molecule has 28 heavy (non-hydrogen) atoms. The fraction of sp³-hybridized carbons (Fsp3) is 0.300. The van der Waals surface area contributed by atoms with E-state index in [1.54, 1.807) is 41.3 Å². The van der Waals surface area contributed by atoms with Gasteiger partial charge in [0.1, 0.15) is 30.7 Å². The van der Waals surface area contributed by atoms with Crippen molar-refractivity contribution in [2.24, 2.45) is 0 Å². The van der Waals surface area contributed by atoms with E-state index in [0.717, 1.165) is 0 Å². The summed E-state index contributed by atoms with van der Waals surface area (Å²) in [6, 6.07) is 12.5. The summed E-state index contributed by atoms with van der Waals surface area (Å²) in [7, 11) is 0. The monoisotopic (exact) mass is 421 g/mol. The van der Waals surface area contributed by atoms with Gasteiger partial charge in [-0.1, -0.05) is 30.6 Å². The van der Waals surface area contributed by atoms with Crippen LogP contribution in [-0.2, 0) is 21.8 Å². The molecule has 8 heteroatoms. The first-order chi connectivity index (χ1) is 13.0. The minimum Gasteiger partial charge on any atom is -0.457 e. The van der Waals surface area contributed by atoms with E-state index in [2.05, 4.69) is 10.1 Å². The number of nitrogens with zero attached hydrogens (tertiary/aromatic N) is 3. The van der Waals surface area contributed by atoms with Gasteiger partial charge in [0.2, 0.25) is 5.79 Å². The van der Waals surface area contributed by atoms with Gasteiger partial charge in [-0.3, -0.25) is 0 Å². The molecule has 1 aromatic heterocycles. The smallest absolute Gasteiger partial charge is 0.217 e. The standard InChI is InChI=1S/C19H17Cl2N3O3.CH4/c1-13-9-25-19(27-13,10-24-12-22-11-23-24)17-7-6-16(8-18(17)21)26-15-4-2-14(20)3-5-15;/h2-8,11-13H,9-10H2,1H3;1H4. The van der Waals surface area contributed by atoms with E-state index in [4.69, 9.17) is 37.4 Å². The average molecular weight is 422 g/mol. The van der Waals surface area contributed by atoms with Crippen LogP contribution in [0.25, 0.3) is 0 Å². The van der Waals surface area contributed by atoms with Gasteiger partial charge in [-0.2, -0.15) is 5.10 Å². The van der Waals surface area contributed by atoms with Gasteiger partial charge in [-0.15, -0.1) is 0 Å². The quantitative estimate of drug-likeness (QED) is 0.559. The summed E-state index contributed by atoms with van der Waals surface area (Å²) >= 11 is 12.5. The van der Waals surface area contributed by atoms with Crippen molar-refractivity contribution in [1.82, 2.24) is 14.8 Å². The van der Waals surface area contributed by atoms with Crippen molar-refractivity contribution < 1.29 is 14.2 Å². The predicted molar refractivity (Wildman–Crippen MR) is 108 cm³/mol. The molecule has 1 saturated heterocycles. The van der Waals surface area contributed by atoms with Crippen molar-refractivity contribution in [3.63, 3.8) is 0 Å². The maximum absolute atomic E-state index is 6.57. The van der Waals surface area contributed by atoms with E-state index in [1.165, 1.54) is 6.33 Å². The average Bonchev–Trinajstić information content (AvgIpc) is 3.28. The molecule has 1 aliphatic rings. The molecule has 0 radical (unpaired) electrons. The van der Waals surface area contributed by atoms with Gasteiger partial charge in [-0.05, 0) is 49.4 Å². The first-order valence-corrected chi connectivity index (χ1v) is 9.17. The number of aromatic nitrogens is 3. The number of benzene rings is 2. The molecule has 148 valence electrons. The number of ether oxygens (including phenoxy) is 3. The van der Waals surface area contributed by atoms with Crippen molar-refractivity contribution >= 4 is 23.2 Å². The van der Waals surface area contributed by atoms with Crippen molar-refractivity contribution in [2.75, 3.05) is 6.61 Å². The van der Waals surface area contributed by atoms with Crippen LogP contribution in [0.4, 0.5) is 0 Å². The third-order valence-electron chi connectivity index (χ3n) is 4.18. The molecule has 1 fully saturated rings. The minimum absolute atomic E-state index is 0. The summed E-state index contributed by atoms with van der Waals surface area (Å²) in [5.41, 5.74) is 0.715. The molecular weight excluding hydrogens is 401 g/mol. The predicted octanol–water partition coefficient (Wildman–Crippen LogP) is 5.30. The second kappa shape index (κ2) is 8.49. The molecular formula is C20H21Cl2N3O3. The van der Waals surface area contributed by atoms with Crippen LogP contribution in [-0.4, -0.2) is 27.5 Å². The van der Waals surface area contributed by atoms with Crippen LogP contribution in [0.5, 0.6) is 11.5 Å². The van der Waals surface area contributed by atoms with E-state index in [-0.39, 0.29) is 13.5 Å². The van der Waals surface area contributed by atoms with Gasteiger partial charge in [0.05, 0.1) is 17.7 Å². The van der Waals surface area contributed by atoms with Crippen LogP contribution < -0.4 is 4.74 Å². The Morgan fingerprint density at radius 1 is 1.18 bits per heavy atom. The molecule has 0 bridgehead atoms.